The van der Waals surface area contributed by atoms with E-state index < -0.39 is 18.0 Å². The lowest BCUT2D eigenvalue weighted by atomic mass is 10.1. The van der Waals surface area contributed by atoms with Crippen molar-refractivity contribution < 1.29 is 22.3 Å². The zero-order valence-corrected chi connectivity index (χ0v) is 9.03. The number of nitrogens with two attached hydrogens (primary N) is 1. The van der Waals surface area contributed by atoms with Gasteiger partial charge in [-0.3, -0.25) is 0 Å². The lowest BCUT2D eigenvalue weighted by Crippen LogP contribution is -2.28. The van der Waals surface area contributed by atoms with E-state index in [1.807, 2.05) is 0 Å². The molecule has 0 saturated heterocycles. The van der Waals surface area contributed by atoms with Gasteiger partial charge in [-0.25, -0.2) is 4.39 Å². The van der Waals surface area contributed by atoms with Gasteiger partial charge in [0.05, 0.1) is 7.11 Å². The van der Waals surface area contributed by atoms with Crippen molar-refractivity contribution in [2.45, 2.75) is 12.2 Å². The van der Waals surface area contributed by atoms with Crippen molar-refractivity contribution in [2.24, 2.45) is 5.73 Å². The molecule has 0 spiro atoms. The predicted molar refractivity (Wildman–Crippen MR) is 53.2 cm³/mol. The molecule has 7 heteroatoms. The summed E-state index contributed by atoms with van der Waals surface area (Å²) < 4.78 is 54.1. The average molecular weight is 260 g/mol. The number of rotatable bonds is 2. The highest BCUT2D eigenvalue weighted by Crippen LogP contribution is 2.32. The highest BCUT2D eigenvalue weighted by atomic mass is 35.5. The largest absolute Gasteiger partial charge is 0.494 e. The molecule has 0 aliphatic heterocycles. The first-order valence-corrected chi connectivity index (χ1v) is 4.02. The summed E-state index contributed by atoms with van der Waals surface area (Å²) in [5, 5.41) is 0. The predicted octanol–water partition coefficient (Wildman–Crippen LogP) is 2.82. The number of methoxy groups -OCH3 is 1. The van der Waals surface area contributed by atoms with Gasteiger partial charge in [-0.05, 0) is 17.7 Å². The zero-order chi connectivity index (χ0) is 11.6. The SMILES string of the molecule is COc1ccc(C(N)C(F)(F)F)cc1F.Cl. The molecule has 0 aliphatic carbocycles. The summed E-state index contributed by atoms with van der Waals surface area (Å²) in [4.78, 5) is 0. The second-order valence-corrected chi connectivity index (χ2v) is 2.91. The summed E-state index contributed by atoms with van der Waals surface area (Å²) in [6, 6.07) is 0.728. The first kappa shape index (κ1) is 15.0. The van der Waals surface area contributed by atoms with Crippen molar-refractivity contribution in [3.05, 3.63) is 29.6 Å². The lowest BCUT2D eigenvalue weighted by molar-refractivity contribution is -0.149. The number of halogens is 5. The summed E-state index contributed by atoms with van der Waals surface area (Å²) in [6.07, 6.45) is -4.58. The van der Waals surface area contributed by atoms with Crippen LogP contribution in [-0.2, 0) is 0 Å². The Labute approximate surface area is 95.8 Å². The molecule has 0 saturated carbocycles. The average Bonchev–Trinajstić information content (AvgIpc) is 2.15. The molecule has 0 amide bonds. The van der Waals surface area contributed by atoms with Crippen molar-refractivity contribution in [1.29, 1.82) is 0 Å². The summed E-state index contributed by atoms with van der Waals surface area (Å²) in [5.41, 5.74) is 4.57. The third-order valence-electron chi connectivity index (χ3n) is 1.89. The lowest BCUT2D eigenvalue weighted by Gasteiger charge is -2.16. The first-order valence-electron chi connectivity index (χ1n) is 4.02. The Bertz CT molecular complexity index is 356. The van der Waals surface area contributed by atoms with Crippen LogP contribution in [0.4, 0.5) is 17.6 Å². The van der Waals surface area contributed by atoms with Crippen LogP contribution in [-0.4, -0.2) is 13.3 Å². The van der Waals surface area contributed by atoms with E-state index in [1.165, 1.54) is 7.11 Å². The fourth-order valence-electron chi connectivity index (χ4n) is 1.07. The van der Waals surface area contributed by atoms with Gasteiger partial charge in [-0.2, -0.15) is 13.2 Å². The second kappa shape index (κ2) is 5.36. The zero-order valence-electron chi connectivity index (χ0n) is 8.22. The van der Waals surface area contributed by atoms with E-state index in [2.05, 4.69) is 4.74 Å². The maximum absolute atomic E-state index is 13.1. The molecule has 0 aromatic heterocycles. The van der Waals surface area contributed by atoms with Crippen LogP contribution < -0.4 is 10.5 Å². The Morgan fingerprint density at radius 2 is 1.88 bits per heavy atom. The maximum Gasteiger partial charge on any atom is 0.407 e. The number of hydrogen-bond acceptors (Lipinski definition) is 2. The van der Waals surface area contributed by atoms with Crippen molar-refractivity contribution in [2.75, 3.05) is 7.11 Å². The maximum atomic E-state index is 13.1. The molecule has 1 aromatic carbocycles. The minimum Gasteiger partial charge on any atom is -0.494 e. The summed E-state index contributed by atoms with van der Waals surface area (Å²) in [5.74, 6) is -0.983. The van der Waals surface area contributed by atoms with Gasteiger partial charge in [0.2, 0.25) is 0 Å². The molecule has 0 bridgehead atoms. The van der Waals surface area contributed by atoms with Crippen LogP contribution in [0.25, 0.3) is 0 Å². The first-order chi connectivity index (χ1) is 6.86. The summed E-state index contributed by atoms with van der Waals surface area (Å²) in [6.45, 7) is 0. The number of ether oxygens (including phenoxy) is 1. The smallest absolute Gasteiger partial charge is 0.407 e. The Kier molecular flexibility index (Phi) is 5.02. The monoisotopic (exact) mass is 259 g/mol. The highest BCUT2D eigenvalue weighted by Gasteiger charge is 2.38. The third-order valence-corrected chi connectivity index (χ3v) is 1.89. The van der Waals surface area contributed by atoms with Gasteiger partial charge in [-0.15, -0.1) is 12.4 Å². The quantitative estimate of drug-likeness (QED) is 0.829. The normalized spacial score (nSPS) is 12.9. The molecule has 1 aromatic rings. The third kappa shape index (κ3) is 3.24. The minimum absolute atomic E-state index is 0. The topological polar surface area (TPSA) is 35.2 Å². The van der Waals surface area contributed by atoms with E-state index in [1.54, 1.807) is 0 Å². The molecule has 92 valence electrons. The van der Waals surface area contributed by atoms with Crippen LogP contribution in [0.2, 0.25) is 0 Å². The fraction of sp³-hybridized carbons (Fsp3) is 0.333. The van der Waals surface area contributed by atoms with Crippen molar-refractivity contribution in [3.8, 4) is 5.75 Å². The van der Waals surface area contributed by atoms with Crippen LogP contribution >= 0.6 is 12.4 Å². The number of alkyl halides is 3. The highest BCUT2D eigenvalue weighted by molar-refractivity contribution is 5.85. The molecule has 0 heterocycles. The fourth-order valence-corrected chi connectivity index (χ4v) is 1.07. The summed E-state index contributed by atoms with van der Waals surface area (Å²) in [7, 11) is 1.22. The van der Waals surface area contributed by atoms with Gasteiger partial charge >= 0.3 is 6.18 Å². The molecule has 1 unspecified atom stereocenters. The molecule has 0 fully saturated rings. The van der Waals surface area contributed by atoms with Crippen LogP contribution in [0.1, 0.15) is 11.6 Å². The van der Waals surface area contributed by atoms with Crippen molar-refractivity contribution in [3.63, 3.8) is 0 Å². The minimum atomic E-state index is -4.58. The van der Waals surface area contributed by atoms with Crippen LogP contribution in [0, 0.1) is 5.82 Å². The molecule has 1 rings (SSSR count). The molecule has 1 atom stereocenters. The van der Waals surface area contributed by atoms with E-state index >= 15 is 0 Å². The second-order valence-electron chi connectivity index (χ2n) is 2.91. The van der Waals surface area contributed by atoms with Crippen LogP contribution in [0.5, 0.6) is 5.75 Å². The van der Waals surface area contributed by atoms with E-state index in [4.69, 9.17) is 5.73 Å². The molecule has 0 radical (unpaired) electrons. The van der Waals surface area contributed by atoms with E-state index in [0.29, 0.717) is 0 Å². The molecular weight excluding hydrogens is 250 g/mol. The van der Waals surface area contributed by atoms with Crippen molar-refractivity contribution in [1.82, 2.24) is 0 Å². The van der Waals surface area contributed by atoms with Gasteiger partial charge in [0.1, 0.15) is 6.04 Å². The molecule has 2 N–H and O–H groups in total. The van der Waals surface area contributed by atoms with Gasteiger partial charge < -0.3 is 10.5 Å². The van der Waals surface area contributed by atoms with E-state index in [0.717, 1.165) is 18.2 Å². The standard InChI is InChI=1S/C9H9F4NO.ClH/c1-15-7-3-2-5(4-6(7)10)8(14)9(11,12)13;/h2-4,8H,14H2,1H3;1H. The molecule has 2 nitrogen and oxygen atoms in total. The number of hydrogen-bond donors (Lipinski definition) is 1. The van der Waals surface area contributed by atoms with Crippen LogP contribution in [0.15, 0.2) is 18.2 Å². The molecule has 16 heavy (non-hydrogen) atoms. The van der Waals surface area contributed by atoms with Gasteiger partial charge in [-0.1, -0.05) is 6.07 Å². The van der Waals surface area contributed by atoms with Gasteiger partial charge in [0.25, 0.3) is 0 Å². The van der Waals surface area contributed by atoms with Crippen molar-refractivity contribution >= 4 is 12.4 Å². The van der Waals surface area contributed by atoms with E-state index in [-0.39, 0.29) is 23.7 Å². The summed E-state index contributed by atoms with van der Waals surface area (Å²) >= 11 is 0. The van der Waals surface area contributed by atoms with Gasteiger partial charge in [0, 0.05) is 0 Å². The molecular formula is C9H10ClF4NO. The Hall–Kier alpha value is -1.01. The Morgan fingerprint density at radius 1 is 1.31 bits per heavy atom. The Morgan fingerprint density at radius 3 is 2.25 bits per heavy atom. The number of benzene rings is 1. The van der Waals surface area contributed by atoms with E-state index in [9.17, 15) is 17.6 Å². The molecule has 0 aliphatic rings. The van der Waals surface area contributed by atoms with Crippen LogP contribution in [0.3, 0.4) is 0 Å². The Balaban J connectivity index is 0.00000225. The van der Waals surface area contributed by atoms with Gasteiger partial charge in [0.15, 0.2) is 11.6 Å².